The Morgan fingerprint density at radius 2 is 2.14 bits per heavy atom. The third kappa shape index (κ3) is 3.01. The Kier molecular flexibility index (Phi) is 4.07. The maximum atomic E-state index is 13.8. The molecule has 0 atom stereocenters. The zero-order valence-corrected chi connectivity index (χ0v) is 12.3. The van der Waals surface area contributed by atoms with Gasteiger partial charge in [-0.25, -0.2) is 4.39 Å². The maximum Gasteiger partial charge on any atom is 0.245 e. The van der Waals surface area contributed by atoms with Crippen LogP contribution >= 0.6 is 11.6 Å². The summed E-state index contributed by atoms with van der Waals surface area (Å²) in [6.07, 6.45) is 2.07. The van der Waals surface area contributed by atoms with Gasteiger partial charge in [0.25, 0.3) is 0 Å². The van der Waals surface area contributed by atoms with E-state index in [4.69, 9.17) is 17.3 Å². The number of piperidine rings is 1. The van der Waals surface area contributed by atoms with E-state index in [0.717, 1.165) is 32.5 Å². The molecule has 0 radical (unpaired) electrons. The van der Waals surface area contributed by atoms with Gasteiger partial charge in [-0.15, -0.1) is 5.10 Å². The molecule has 3 rings (SSSR count). The Hall–Kier alpha value is -1.66. The summed E-state index contributed by atoms with van der Waals surface area (Å²) in [5.74, 6) is 1.19. The van der Waals surface area contributed by atoms with Crippen LogP contribution in [-0.2, 0) is 0 Å². The first kappa shape index (κ1) is 14.3. The highest BCUT2D eigenvalue weighted by molar-refractivity contribution is 6.30. The van der Waals surface area contributed by atoms with Crippen molar-refractivity contribution in [1.82, 2.24) is 15.2 Å². The van der Waals surface area contributed by atoms with Crippen molar-refractivity contribution < 1.29 is 4.39 Å². The van der Waals surface area contributed by atoms with Gasteiger partial charge in [-0.3, -0.25) is 5.10 Å². The molecule has 1 saturated heterocycles. The Labute approximate surface area is 127 Å². The van der Waals surface area contributed by atoms with Crippen molar-refractivity contribution in [2.75, 3.05) is 24.5 Å². The molecular weight excluding hydrogens is 293 g/mol. The fourth-order valence-corrected chi connectivity index (χ4v) is 2.73. The first-order chi connectivity index (χ1) is 10.2. The van der Waals surface area contributed by atoms with Crippen molar-refractivity contribution in [1.29, 1.82) is 0 Å². The van der Waals surface area contributed by atoms with Crippen LogP contribution in [-0.4, -0.2) is 34.8 Å². The molecule has 1 aliphatic rings. The van der Waals surface area contributed by atoms with Crippen LogP contribution in [0.4, 0.5) is 10.3 Å². The summed E-state index contributed by atoms with van der Waals surface area (Å²) in [6.45, 7) is 2.47. The number of H-pyrrole nitrogens is 1. The highest BCUT2D eigenvalue weighted by Crippen LogP contribution is 2.26. The third-order valence-corrected chi connectivity index (χ3v) is 4.12. The van der Waals surface area contributed by atoms with E-state index in [-0.39, 0.29) is 5.82 Å². The number of hydrogen-bond donors (Lipinski definition) is 2. The van der Waals surface area contributed by atoms with Crippen LogP contribution in [0.5, 0.6) is 0 Å². The largest absolute Gasteiger partial charge is 0.340 e. The second-order valence-corrected chi connectivity index (χ2v) is 5.71. The number of benzene rings is 1. The molecular formula is C14H17ClFN5. The van der Waals surface area contributed by atoms with Crippen LogP contribution in [0.3, 0.4) is 0 Å². The van der Waals surface area contributed by atoms with Gasteiger partial charge >= 0.3 is 0 Å². The van der Waals surface area contributed by atoms with Gasteiger partial charge in [0.05, 0.1) is 5.56 Å². The minimum atomic E-state index is -0.371. The lowest BCUT2D eigenvalue weighted by Gasteiger charge is -2.30. The van der Waals surface area contributed by atoms with Crippen LogP contribution in [0.1, 0.15) is 12.8 Å². The highest BCUT2D eigenvalue weighted by Gasteiger charge is 2.21. The van der Waals surface area contributed by atoms with E-state index in [0.29, 0.717) is 28.3 Å². The number of rotatable bonds is 3. The van der Waals surface area contributed by atoms with Crippen LogP contribution in [0, 0.1) is 11.7 Å². The molecule has 21 heavy (non-hydrogen) atoms. The zero-order chi connectivity index (χ0) is 14.8. The summed E-state index contributed by atoms with van der Waals surface area (Å²) in [7, 11) is 0. The normalized spacial score (nSPS) is 16.4. The molecule has 3 N–H and O–H groups in total. The first-order valence-corrected chi connectivity index (χ1v) is 7.38. The summed E-state index contributed by atoms with van der Waals surface area (Å²) >= 11 is 5.90. The molecule has 1 aromatic carbocycles. The molecule has 0 amide bonds. The van der Waals surface area contributed by atoms with E-state index in [1.54, 1.807) is 6.07 Å². The van der Waals surface area contributed by atoms with Crippen molar-refractivity contribution in [2.24, 2.45) is 11.7 Å². The van der Waals surface area contributed by atoms with Crippen molar-refractivity contribution in [3.8, 4) is 11.4 Å². The van der Waals surface area contributed by atoms with E-state index in [2.05, 4.69) is 20.1 Å². The Morgan fingerprint density at radius 1 is 1.38 bits per heavy atom. The van der Waals surface area contributed by atoms with Gasteiger partial charge in [0.15, 0.2) is 5.82 Å². The lowest BCUT2D eigenvalue weighted by molar-refractivity contribution is 0.411. The molecule has 0 spiro atoms. The minimum absolute atomic E-state index is 0.332. The zero-order valence-electron chi connectivity index (χ0n) is 11.5. The predicted octanol–water partition coefficient (Wildman–Crippen LogP) is 2.44. The molecule has 5 nitrogen and oxygen atoms in total. The van der Waals surface area contributed by atoms with Crippen molar-refractivity contribution in [3.63, 3.8) is 0 Å². The van der Waals surface area contributed by atoms with E-state index in [1.807, 2.05) is 0 Å². The number of nitrogens with zero attached hydrogens (tertiary/aromatic N) is 3. The van der Waals surface area contributed by atoms with E-state index < -0.39 is 0 Å². The number of halogens is 2. The lowest BCUT2D eigenvalue weighted by Crippen LogP contribution is -2.36. The number of aromatic nitrogens is 3. The summed E-state index contributed by atoms with van der Waals surface area (Å²) < 4.78 is 13.8. The van der Waals surface area contributed by atoms with Gasteiger partial charge < -0.3 is 10.6 Å². The second kappa shape index (κ2) is 5.99. The molecule has 112 valence electrons. The van der Waals surface area contributed by atoms with Crippen LogP contribution in [0.2, 0.25) is 5.02 Å². The molecule has 0 unspecified atom stereocenters. The van der Waals surface area contributed by atoms with Gasteiger partial charge in [0, 0.05) is 18.1 Å². The number of nitrogens with one attached hydrogen (secondary N) is 1. The summed E-state index contributed by atoms with van der Waals surface area (Å²) in [5, 5.41) is 7.44. The molecule has 1 fully saturated rings. The minimum Gasteiger partial charge on any atom is -0.340 e. The summed E-state index contributed by atoms with van der Waals surface area (Å²) in [4.78, 5) is 6.48. The van der Waals surface area contributed by atoms with Gasteiger partial charge in [-0.05, 0) is 43.5 Å². The monoisotopic (exact) mass is 309 g/mol. The van der Waals surface area contributed by atoms with Gasteiger partial charge in [-0.1, -0.05) is 11.6 Å². The molecule has 2 heterocycles. The van der Waals surface area contributed by atoms with Gasteiger partial charge in [-0.2, -0.15) is 4.98 Å². The molecule has 7 heteroatoms. The standard InChI is InChI=1S/C14H17ClFN5/c15-10-1-2-12(16)11(7-10)13-18-14(20-19-13)21-5-3-9(8-17)4-6-21/h1-2,7,9H,3-6,8,17H2,(H,18,19,20). The maximum absolute atomic E-state index is 13.8. The topological polar surface area (TPSA) is 70.8 Å². The number of aromatic amines is 1. The van der Waals surface area contributed by atoms with Gasteiger partial charge in [0.2, 0.25) is 5.95 Å². The lowest BCUT2D eigenvalue weighted by atomic mass is 9.97. The van der Waals surface area contributed by atoms with E-state index >= 15 is 0 Å². The quantitative estimate of drug-likeness (QED) is 0.913. The molecule has 1 aliphatic heterocycles. The van der Waals surface area contributed by atoms with Crippen molar-refractivity contribution in [2.45, 2.75) is 12.8 Å². The number of nitrogens with two attached hydrogens (primary N) is 1. The van der Waals surface area contributed by atoms with Gasteiger partial charge in [0.1, 0.15) is 5.82 Å². The third-order valence-electron chi connectivity index (χ3n) is 3.89. The average Bonchev–Trinajstić information content (AvgIpc) is 2.99. The SMILES string of the molecule is NCC1CCN(c2n[nH]c(-c3cc(Cl)ccc3F)n2)CC1. The Bertz CT molecular complexity index is 622. The van der Waals surface area contributed by atoms with Crippen LogP contribution in [0.15, 0.2) is 18.2 Å². The molecule has 0 bridgehead atoms. The van der Waals surface area contributed by atoms with Crippen LogP contribution in [0.25, 0.3) is 11.4 Å². The van der Waals surface area contributed by atoms with Crippen molar-refractivity contribution in [3.05, 3.63) is 29.0 Å². The fourth-order valence-electron chi connectivity index (χ4n) is 2.56. The second-order valence-electron chi connectivity index (χ2n) is 5.27. The summed E-state index contributed by atoms with van der Waals surface area (Å²) in [5.41, 5.74) is 6.02. The predicted molar refractivity (Wildman–Crippen MR) is 80.8 cm³/mol. The van der Waals surface area contributed by atoms with Crippen molar-refractivity contribution >= 4 is 17.5 Å². The van der Waals surface area contributed by atoms with E-state index in [1.165, 1.54) is 12.1 Å². The average molecular weight is 310 g/mol. The number of hydrogen-bond acceptors (Lipinski definition) is 4. The van der Waals surface area contributed by atoms with Crippen LogP contribution < -0.4 is 10.6 Å². The Morgan fingerprint density at radius 3 is 2.86 bits per heavy atom. The fraction of sp³-hybridized carbons (Fsp3) is 0.429. The molecule has 1 aromatic heterocycles. The first-order valence-electron chi connectivity index (χ1n) is 7.00. The molecule has 0 saturated carbocycles. The molecule has 0 aliphatic carbocycles. The smallest absolute Gasteiger partial charge is 0.245 e. The highest BCUT2D eigenvalue weighted by atomic mass is 35.5. The Balaban J connectivity index is 1.79. The summed E-state index contributed by atoms with van der Waals surface area (Å²) in [6, 6.07) is 4.38. The molecule has 2 aromatic rings. The number of anilines is 1. The van der Waals surface area contributed by atoms with E-state index in [9.17, 15) is 4.39 Å².